The Balaban J connectivity index is 2.29. The Morgan fingerprint density at radius 1 is 1.14 bits per heavy atom. The van der Waals surface area contributed by atoms with Gasteiger partial charge in [0.15, 0.2) is 5.69 Å². The molecule has 21 heavy (non-hydrogen) atoms. The Kier molecular flexibility index (Phi) is 4.67. The predicted molar refractivity (Wildman–Crippen MR) is 74.9 cm³/mol. The molecule has 0 aliphatic carbocycles. The Bertz CT molecular complexity index is 561. The largest absolute Gasteiger partial charge is 0.435 e. The Morgan fingerprint density at radius 2 is 1.81 bits per heavy atom. The second-order valence-corrected chi connectivity index (χ2v) is 5.17. The van der Waals surface area contributed by atoms with E-state index in [9.17, 15) is 13.2 Å². The van der Waals surface area contributed by atoms with Gasteiger partial charge in [0.05, 0.1) is 6.04 Å². The number of halogens is 3. The van der Waals surface area contributed by atoms with Crippen molar-refractivity contribution in [1.82, 2.24) is 15.1 Å². The lowest BCUT2D eigenvalue weighted by molar-refractivity contribution is -0.141. The molecule has 6 heteroatoms. The smallest absolute Gasteiger partial charge is 0.312 e. The van der Waals surface area contributed by atoms with Crippen LogP contribution < -0.4 is 5.32 Å². The Hall–Kier alpha value is -1.82. The molecule has 2 aromatic rings. The van der Waals surface area contributed by atoms with Gasteiger partial charge in [-0.2, -0.15) is 18.3 Å². The van der Waals surface area contributed by atoms with Crippen molar-refractivity contribution in [1.29, 1.82) is 0 Å². The highest BCUT2D eigenvalue weighted by Crippen LogP contribution is 2.28. The van der Waals surface area contributed by atoms with Crippen molar-refractivity contribution in [3.63, 3.8) is 0 Å². The maximum atomic E-state index is 12.7. The molecule has 1 heterocycles. The summed E-state index contributed by atoms with van der Waals surface area (Å²) in [5, 5.41) is 6.94. The normalized spacial score (nSPS) is 13.6. The fourth-order valence-corrected chi connectivity index (χ4v) is 2.05. The lowest BCUT2D eigenvalue weighted by Gasteiger charge is -2.20. The van der Waals surface area contributed by atoms with Crippen molar-refractivity contribution in [2.45, 2.75) is 32.1 Å². The molecule has 0 saturated carbocycles. The number of alkyl halides is 3. The summed E-state index contributed by atoms with van der Waals surface area (Å²) in [7, 11) is 0. The molecule has 0 spiro atoms. The number of hydrogen-bond acceptors (Lipinski definition) is 2. The van der Waals surface area contributed by atoms with Crippen LogP contribution in [0.1, 0.15) is 31.1 Å². The van der Waals surface area contributed by atoms with Gasteiger partial charge in [-0.05, 0) is 11.6 Å². The van der Waals surface area contributed by atoms with E-state index in [0.717, 1.165) is 11.6 Å². The van der Waals surface area contributed by atoms with Crippen LogP contribution in [0.25, 0.3) is 0 Å². The first-order valence-corrected chi connectivity index (χ1v) is 6.78. The van der Waals surface area contributed by atoms with Crippen LogP contribution in [0.4, 0.5) is 13.2 Å². The molecule has 0 saturated heterocycles. The van der Waals surface area contributed by atoms with Gasteiger partial charge in [-0.15, -0.1) is 0 Å². The van der Waals surface area contributed by atoms with Gasteiger partial charge in [0.25, 0.3) is 0 Å². The molecule has 0 amide bonds. The molecule has 0 fully saturated rings. The average Bonchev–Trinajstić information content (AvgIpc) is 2.89. The number of benzene rings is 1. The quantitative estimate of drug-likeness (QED) is 0.915. The highest BCUT2D eigenvalue weighted by atomic mass is 19.4. The molecule has 0 aliphatic heterocycles. The van der Waals surface area contributed by atoms with Crippen LogP contribution in [0.5, 0.6) is 0 Å². The van der Waals surface area contributed by atoms with Crippen LogP contribution in [0, 0.1) is 0 Å². The molecule has 3 nitrogen and oxygen atoms in total. The zero-order chi connectivity index (χ0) is 15.5. The van der Waals surface area contributed by atoms with Crippen molar-refractivity contribution in [3.8, 4) is 0 Å². The van der Waals surface area contributed by atoms with E-state index in [0.29, 0.717) is 6.54 Å². The lowest BCUT2D eigenvalue weighted by atomic mass is 10.1. The minimum absolute atomic E-state index is 0.244. The highest BCUT2D eigenvalue weighted by Gasteiger charge is 2.34. The van der Waals surface area contributed by atoms with Crippen molar-refractivity contribution in [2.24, 2.45) is 0 Å². The molecule has 1 unspecified atom stereocenters. The average molecular weight is 297 g/mol. The summed E-state index contributed by atoms with van der Waals surface area (Å²) in [4.78, 5) is 0. The zero-order valence-corrected chi connectivity index (χ0v) is 11.9. The summed E-state index contributed by atoms with van der Waals surface area (Å²) in [6.07, 6.45) is -3.04. The second-order valence-electron chi connectivity index (χ2n) is 5.17. The van der Waals surface area contributed by atoms with Crippen LogP contribution in [0.15, 0.2) is 42.6 Å². The summed E-state index contributed by atoms with van der Waals surface area (Å²) in [5.41, 5.74) is 0.0513. The fraction of sp³-hybridized carbons (Fsp3) is 0.400. The maximum Gasteiger partial charge on any atom is 0.435 e. The molecule has 1 atom stereocenters. The minimum Gasteiger partial charge on any atom is -0.312 e. The number of nitrogens with one attached hydrogen (secondary N) is 1. The third kappa shape index (κ3) is 4.07. The van der Waals surface area contributed by atoms with Crippen LogP contribution in [0.2, 0.25) is 0 Å². The van der Waals surface area contributed by atoms with Gasteiger partial charge in [-0.25, -0.2) is 0 Å². The topological polar surface area (TPSA) is 29.9 Å². The fourth-order valence-electron chi connectivity index (χ4n) is 2.05. The number of nitrogens with zero attached hydrogens (tertiary/aromatic N) is 2. The monoisotopic (exact) mass is 297 g/mol. The van der Waals surface area contributed by atoms with E-state index in [1.807, 2.05) is 44.2 Å². The summed E-state index contributed by atoms with van der Waals surface area (Å²) in [5.74, 6) is 0. The molecule has 1 N–H and O–H groups in total. The molecular formula is C15H18F3N3. The third-order valence-corrected chi connectivity index (χ3v) is 3.12. The van der Waals surface area contributed by atoms with Crippen LogP contribution >= 0.6 is 0 Å². The van der Waals surface area contributed by atoms with Crippen LogP contribution in [0.3, 0.4) is 0 Å². The first kappa shape index (κ1) is 15.6. The zero-order valence-electron chi connectivity index (χ0n) is 11.9. The summed E-state index contributed by atoms with van der Waals surface area (Å²) in [6, 6.07) is 10.4. The predicted octanol–water partition coefficient (Wildman–Crippen LogP) is 3.49. The summed E-state index contributed by atoms with van der Waals surface area (Å²) < 4.78 is 39.4. The molecule has 0 bridgehead atoms. The van der Waals surface area contributed by atoms with E-state index in [-0.39, 0.29) is 12.1 Å². The molecule has 0 radical (unpaired) electrons. The van der Waals surface area contributed by atoms with E-state index in [2.05, 4.69) is 10.4 Å². The van der Waals surface area contributed by atoms with E-state index >= 15 is 0 Å². The van der Waals surface area contributed by atoms with Gasteiger partial charge in [0.2, 0.25) is 0 Å². The van der Waals surface area contributed by atoms with E-state index < -0.39 is 11.9 Å². The van der Waals surface area contributed by atoms with Crippen molar-refractivity contribution < 1.29 is 13.2 Å². The highest BCUT2D eigenvalue weighted by molar-refractivity contribution is 5.20. The van der Waals surface area contributed by atoms with Gasteiger partial charge in [-0.3, -0.25) is 4.68 Å². The maximum absolute atomic E-state index is 12.7. The van der Waals surface area contributed by atoms with Crippen LogP contribution in [-0.4, -0.2) is 22.4 Å². The number of rotatable bonds is 5. The van der Waals surface area contributed by atoms with Gasteiger partial charge in [0, 0.05) is 18.8 Å². The Morgan fingerprint density at radius 3 is 2.33 bits per heavy atom. The lowest BCUT2D eigenvalue weighted by Crippen LogP contribution is -2.31. The van der Waals surface area contributed by atoms with Crippen molar-refractivity contribution >= 4 is 0 Å². The van der Waals surface area contributed by atoms with Crippen molar-refractivity contribution in [2.75, 3.05) is 6.54 Å². The summed E-state index contributed by atoms with van der Waals surface area (Å²) >= 11 is 0. The molecule has 114 valence electrons. The number of aromatic nitrogens is 2. The van der Waals surface area contributed by atoms with Gasteiger partial charge >= 0.3 is 6.18 Å². The third-order valence-electron chi connectivity index (χ3n) is 3.12. The second kappa shape index (κ2) is 6.30. The molecular weight excluding hydrogens is 279 g/mol. The molecule has 2 rings (SSSR count). The standard InChI is InChI=1S/C15H18F3N3/c1-11(2)19-10-13(12-6-4-3-5-7-12)21-9-8-14(20-21)15(16,17)18/h3-9,11,13,19H,10H2,1-2H3. The Labute approximate surface area is 121 Å². The minimum atomic E-state index is -4.42. The molecule has 1 aromatic heterocycles. The molecule has 1 aromatic carbocycles. The first-order valence-electron chi connectivity index (χ1n) is 6.78. The van der Waals surface area contributed by atoms with Gasteiger partial charge in [-0.1, -0.05) is 44.2 Å². The summed E-state index contributed by atoms with van der Waals surface area (Å²) in [6.45, 7) is 4.50. The first-order chi connectivity index (χ1) is 9.88. The van der Waals surface area contributed by atoms with Crippen molar-refractivity contribution in [3.05, 3.63) is 53.9 Å². The van der Waals surface area contributed by atoms with E-state index in [4.69, 9.17) is 0 Å². The van der Waals surface area contributed by atoms with Crippen LogP contribution in [-0.2, 0) is 6.18 Å². The molecule has 0 aliphatic rings. The van der Waals surface area contributed by atoms with Gasteiger partial charge in [0.1, 0.15) is 0 Å². The number of hydrogen-bond donors (Lipinski definition) is 1. The van der Waals surface area contributed by atoms with E-state index in [1.165, 1.54) is 10.9 Å². The van der Waals surface area contributed by atoms with Gasteiger partial charge < -0.3 is 5.32 Å². The van der Waals surface area contributed by atoms with E-state index in [1.54, 1.807) is 0 Å². The SMILES string of the molecule is CC(C)NCC(c1ccccc1)n1ccc(C(F)(F)F)n1.